The Morgan fingerprint density at radius 2 is 1.51 bits per heavy atom. The predicted octanol–water partition coefficient (Wildman–Crippen LogP) is 5.53. The van der Waals surface area contributed by atoms with Gasteiger partial charge in [0.25, 0.3) is 0 Å². The van der Waals surface area contributed by atoms with E-state index in [4.69, 9.17) is 4.74 Å². The molecule has 2 unspecified atom stereocenters. The fraction of sp³-hybridized carbons (Fsp3) is 0.622. The van der Waals surface area contributed by atoms with E-state index in [0.29, 0.717) is 13.0 Å². The maximum Gasteiger partial charge on any atom is 0.323 e. The van der Waals surface area contributed by atoms with Crippen molar-refractivity contribution >= 4 is 11.9 Å². The highest BCUT2D eigenvalue weighted by atomic mass is 16.6. The zero-order valence-corrected chi connectivity index (χ0v) is 27.5. The van der Waals surface area contributed by atoms with E-state index in [1.54, 1.807) is 0 Å². The van der Waals surface area contributed by atoms with Crippen molar-refractivity contribution in [3.63, 3.8) is 0 Å². The topological polar surface area (TPSA) is 70.7 Å². The van der Waals surface area contributed by atoms with E-state index in [-0.39, 0.29) is 35.3 Å². The molecule has 2 aromatic rings. The maximum atomic E-state index is 13.9. The number of likely N-dealkylation sites (tertiary alicyclic amines) is 1. The molecular weight excluding hydrogens is 534 g/mol. The van der Waals surface area contributed by atoms with Crippen LogP contribution in [0, 0.1) is 5.92 Å². The molecule has 234 valence electrons. The van der Waals surface area contributed by atoms with Crippen LogP contribution in [0.4, 0.5) is 0 Å². The monoisotopic (exact) mass is 587 g/mol. The van der Waals surface area contributed by atoms with Gasteiger partial charge in [-0.05, 0) is 127 Å². The fourth-order valence-corrected chi connectivity index (χ4v) is 7.10. The van der Waals surface area contributed by atoms with Gasteiger partial charge in [-0.1, -0.05) is 36.4 Å². The van der Waals surface area contributed by atoms with Gasteiger partial charge in [0.1, 0.15) is 11.6 Å². The first-order valence-electron chi connectivity index (χ1n) is 16.5. The highest BCUT2D eigenvalue weighted by molar-refractivity contribution is 5.81. The first-order chi connectivity index (χ1) is 20.3. The molecule has 2 N–H and O–H groups in total. The van der Waals surface area contributed by atoms with Crippen LogP contribution in [0.25, 0.3) is 0 Å². The van der Waals surface area contributed by atoms with Gasteiger partial charge < -0.3 is 15.4 Å². The number of ether oxygens (including phenoxy) is 1. The third-order valence-electron chi connectivity index (χ3n) is 9.51. The van der Waals surface area contributed by atoms with E-state index in [9.17, 15) is 9.59 Å². The zero-order valence-electron chi connectivity index (χ0n) is 27.5. The smallest absolute Gasteiger partial charge is 0.323 e. The SMILES string of the molecule is C[C@@H](CN[C@@H](Cc1ccc2c(c1)CCC2)C(=O)OC(C)(C)C)NC(=O)C1CN(C(C)(C)C)CC1c1ccc2c(c1)CCC2. The number of benzene rings is 2. The average Bonchev–Trinajstić information content (AvgIpc) is 3.68. The molecule has 5 rings (SSSR count). The number of hydrogen-bond acceptors (Lipinski definition) is 5. The summed E-state index contributed by atoms with van der Waals surface area (Å²) in [5.74, 6) is -0.104. The van der Waals surface area contributed by atoms with Gasteiger partial charge in [-0.3, -0.25) is 14.5 Å². The lowest BCUT2D eigenvalue weighted by Gasteiger charge is -2.31. The summed E-state index contributed by atoms with van der Waals surface area (Å²) in [6.07, 6.45) is 7.54. The van der Waals surface area contributed by atoms with Crippen LogP contribution in [-0.4, -0.2) is 59.6 Å². The summed E-state index contributed by atoms with van der Waals surface area (Å²) in [4.78, 5) is 29.6. The molecule has 0 aromatic heterocycles. The summed E-state index contributed by atoms with van der Waals surface area (Å²) >= 11 is 0. The number of hydrogen-bond donors (Lipinski definition) is 2. The molecule has 0 radical (unpaired) electrons. The standard InChI is InChI=1S/C37H53N3O3/c1-24(21-38-33(35(42)43-37(5,6)7)19-25-14-15-26-10-8-12-28(26)18-25)39-34(41)32-23-40(36(2,3)4)22-31(32)30-17-16-27-11-9-13-29(27)20-30/h14-18,20,24,31-33,38H,8-13,19,21-23H2,1-7H3,(H,39,41)/t24-,31?,32?,33-/m0/s1. The molecule has 0 bridgehead atoms. The van der Waals surface area contributed by atoms with E-state index in [1.807, 2.05) is 27.7 Å². The maximum absolute atomic E-state index is 13.9. The minimum absolute atomic E-state index is 0.00459. The molecule has 1 amide bonds. The van der Waals surface area contributed by atoms with Gasteiger partial charge in [0.2, 0.25) is 5.91 Å². The van der Waals surface area contributed by atoms with Gasteiger partial charge in [0.15, 0.2) is 0 Å². The van der Waals surface area contributed by atoms with Crippen molar-refractivity contribution in [2.45, 2.75) is 123 Å². The lowest BCUT2D eigenvalue weighted by atomic mass is 9.86. The van der Waals surface area contributed by atoms with Gasteiger partial charge in [-0.25, -0.2) is 0 Å². The Morgan fingerprint density at radius 3 is 2.16 bits per heavy atom. The second-order valence-electron chi connectivity index (χ2n) is 15.2. The third-order valence-corrected chi connectivity index (χ3v) is 9.51. The van der Waals surface area contributed by atoms with Crippen LogP contribution in [-0.2, 0) is 46.4 Å². The van der Waals surface area contributed by atoms with E-state index >= 15 is 0 Å². The van der Waals surface area contributed by atoms with Crippen molar-refractivity contribution in [3.8, 4) is 0 Å². The van der Waals surface area contributed by atoms with E-state index < -0.39 is 11.6 Å². The van der Waals surface area contributed by atoms with Crippen molar-refractivity contribution < 1.29 is 14.3 Å². The van der Waals surface area contributed by atoms with Crippen LogP contribution in [0.5, 0.6) is 0 Å². The number of carbonyl (C=O) groups is 2. The zero-order chi connectivity index (χ0) is 30.9. The summed E-state index contributed by atoms with van der Waals surface area (Å²) in [6.45, 7) is 16.5. The molecule has 4 atom stereocenters. The summed E-state index contributed by atoms with van der Waals surface area (Å²) in [7, 11) is 0. The van der Waals surface area contributed by atoms with Gasteiger partial charge >= 0.3 is 5.97 Å². The number of fused-ring (bicyclic) bond motifs is 2. The van der Waals surface area contributed by atoms with Crippen LogP contribution < -0.4 is 10.6 Å². The predicted molar refractivity (Wildman–Crippen MR) is 173 cm³/mol. The largest absolute Gasteiger partial charge is 0.459 e. The Morgan fingerprint density at radius 1 is 0.884 bits per heavy atom. The quantitative estimate of drug-likeness (QED) is 0.378. The van der Waals surface area contributed by atoms with Crippen LogP contribution in [0.1, 0.15) is 101 Å². The summed E-state index contributed by atoms with van der Waals surface area (Å²) in [5, 5.41) is 6.76. The minimum Gasteiger partial charge on any atom is -0.459 e. The number of aryl methyl sites for hydroxylation is 4. The van der Waals surface area contributed by atoms with Crippen LogP contribution in [0.3, 0.4) is 0 Å². The molecular formula is C37H53N3O3. The number of rotatable bonds is 9. The second-order valence-corrected chi connectivity index (χ2v) is 15.2. The lowest BCUT2D eigenvalue weighted by Crippen LogP contribution is -2.50. The normalized spacial score (nSPS) is 21.7. The van der Waals surface area contributed by atoms with Crippen molar-refractivity contribution in [1.29, 1.82) is 0 Å². The molecule has 2 aliphatic carbocycles. The lowest BCUT2D eigenvalue weighted by molar-refractivity contribution is -0.157. The molecule has 0 saturated carbocycles. The second kappa shape index (κ2) is 12.7. The molecule has 1 fully saturated rings. The van der Waals surface area contributed by atoms with Crippen molar-refractivity contribution in [2.75, 3.05) is 19.6 Å². The Labute approximate surface area is 259 Å². The first kappa shape index (κ1) is 31.7. The highest BCUT2D eigenvalue weighted by Gasteiger charge is 2.42. The molecule has 0 spiro atoms. The molecule has 1 aliphatic heterocycles. The highest BCUT2D eigenvalue weighted by Crippen LogP contribution is 2.38. The molecule has 3 aliphatic rings. The molecule has 6 nitrogen and oxygen atoms in total. The average molecular weight is 588 g/mol. The van der Waals surface area contributed by atoms with E-state index in [0.717, 1.165) is 37.9 Å². The molecule has 1 heterocycles. The Kier molecular flexibility index (Phi) is 9.39. The van der Waals surface area contributed by atoms with Crippen molar-refractivity contribution in [1.82, 2.24) is 15.5 Å². The van der Waals surface area contributed by atoms with Crippen molar-refractivity contribution in [2.24, 2.45) is 5.92 Å². The van der Waals surface area contributed by atoms with Gasteiger partial charge in [-0.15, -0.1) is 0 Å². The Bertz CT molecular complexity index is 1320. The van der Waals surface area contributed by atoms with E-state index in [2.05, 4.69) is 72.7 Å². The molecule has 1 saturated heterocycles. The minimum atomic E-state index is -0.567. The van der Waals surface area contributed by atoms with Crippen LogP contribution in [0.2, 0.25) is 0 Å². The number of nitrogens with one attached hydrogen (secondary N) is 2. The van der Waals surface area contributed by atoms with E-state index in [1.165, 1.54) is 47.1 Å². The number of carbonyl (C=O) groups excluding carboxylic acids is 2. The summed E-state index contributed by atoms with van der Waals surface area (Å²) in [6, 6.07) is 12.9. The first-order valence-corrected chi connectivity index (χ1v) is 16.5. The number of amides is 1. The van der Waals surface area contributed by atoms with Gasteiger partial charge in [-0.2, -0.15) is 0 Å². The van der Waals surface area contributed by atoms with Crippen molar-refractivity contribution in [3.05, 3.63) is 69.8 Å². The van der Waals surface area contributed by atoms with Gasteiger partial charge in [0.05, 0.1) is 5.92 Å². The Hall–Kier alpha value is -2.70. The number of nitrogens with zero attached hydrogens (tertiary/aromatic N) is 1. The summed E-state index contributed by atoms with van der Waals surface area (Å²) < 4.78 is 5.80. The van der Waals surface area contributed by atoms with Gasteiger partial charge in [0, 0.05) is 37.1 Å². The Balaban J connectivity index is 1.25. The summed E-state index contributed by atoms with van der Waals surface area (Å²) in [5.41, 5.74) is 7.62. The molecule has 2 aromatic carbocycles. The molecule has 6 heteroatoms. The van der Waals surface area contributed by atoms with Crippen LogP contribution in [0.15, 0.2) is 36.4 Å². The third kappa shape index (κ3) is 7.88. The van der Waals surface area contributed by atoms with Crippen LogP contribution >= 0.6 is 0 Å². The number of esters is 1. The fourth-order valence-electron chi connectivity index (χ4n) is 7.10. The molecule has 43 heavy (non-hydrogen) atoms.